The van der Waals surface area contributed by atoms with Crippen LogP contribution >= 0.6 is 15.9 Å². The van der Waals surface area contributed by atoms with E-state index in [2.05, 4.69) is 40.7 Å². The molecule has 0 radical (unpaired) electrons. The molecular formula is C31H26BrNO2. The van der Waals surface area contributed by atoms with Crippen molar-refractivity contribution in [1.82, 2.24) is 0 Å². The van der Waals surface area contributed by atoms with Gasteiger partial charge in [-0.05, 0) is 65.6 Å². The minimum Gasteiger partial charge on any atom is -0.490 e. The molecule has 0 fully saturated rings. The topological polar surface area (TPSA) is 42.2 Å². The van der Waals surface area contributed by atoms with Crippen LogP contribution in [0.2, 0.25) is 0 Å². The molecule has 0 unspecified atom stereocenters. The van der Waals surface area contributed by atoms with Crippen molar-refractivity contribution in [3.63, 3.8) is 0 Å². The Balaban J connectivity index is 1.75. The molecule has 35 heavy (non-hydrogen) atoms. The first-order chi connectivity index (χ1) is 17.1. The van der Waals surface area contributed by atoms with Crippen LogP contribution in [0.25, 0.3) is 22.4 Å². The van der Waals surface area contributed by atoms with Crippen molar-refractivity contribution in [3.8, 4) is 17.6 Å². The molecular weight excluding hydrogens is 498 g/mol. The number of benzene rings is 4. The van der Waals surface area contributed by atoms with Crippen molar-refractivity contribution in [1.29, 1.82) is 5.26 Å². The molecule has 0 spiro atoms. The quantitative estimate of drug-likeness (QED) is 0.126. The highest BCUT2D eigenvalue weighted by atomic mass is 79.9. The Kier molecular flexibility index (Phi) is 8.03. The van der Waals surface area contributed by atoms with Crippen LogP contribution in [0.1, 0.15) is 29.2 Å². The first kappa shape index (κ1) is 24.3. The largest absolute Gasteiger partial charge is 0.490 e. The van der Waals surface area contributed by atoms with Crippen LogP contribution in [0.15, 0.2) is 96.0 Å². The maximum Gasteiger partial charge on any atom is 0.165 e. The third-order valence-electron chi connectivity index (χ3n) is 5.63. The van der Waals surface area contributed by atoms with Gasteiger partial charge in [0.2, 0.25) is 0 Å². The number of hydrogen-bond acceptors (Lipinski definition) is 3. The lowest BCUT2D eigenvalue weighted by molar-refractivity contribution is 0.267. The summed E-state index contributed by atoms with van der Waals surface area (Å²) < 4.78 is 13.3. The third-order valence-corrected chi connectivity index (χ3v) is 6.15. The van der Waals surface area contributed by atoms with Crippen molar-refractivity contribution >= 4 is 38.4 Å². The van der Waals surface area contributed by atoms with Gasteiger partial charge in [-0.3, -0.25) is 0 Å². The van der Waals surface area contributed by atoms with Crippen molar-refractivity contribution in [2.75, 3.05) is 6.61 Å². The Labute approximate surface area is 215 Å². The van der Waals surface area contributed by atoms with E-state index in [9.17, 15) is 5.26 Å². The summed E-state index contributed by atoms with van der Waals surface area (Å²) in [6, 6.07) is 28.6. The van der Waals surface area contributed by atoms with Crippen LogP contribution in [0, 0.1) is 11.3 Å². The van der Waals surface area contributed by atoms with Crippen molar-refractivity contribution in [3.05, 3.63) is 118 Å². The molecule has 4 aromatic rings. The molecule has 0 heterocycles. The van der Waals surface area contributed by atoms with E-state index in [1.807, 2.05) is 85.8 Å². The lowest BCUT2D eigenvalue weighted by Gasteiger charge is -2.17. The van der Waals surface area contributed by atoms with Gasteiger partial charge >= 0.3 is 0 Å². The molecule has 4 rings (SSSR count). The smallest absolute Gasteiger partial charge is 0.165 e. The minimum atomic E-state index is 0.423. The fourth-order valence-electron chi connectivity index (χ4n) is 4.03. The van der Waals surface area contributed by atoms with Gasteiger partial charge in [-0.15, -0.1) is 6.58 Å². The summed E-state index contributed by atoms with van der Waals surface area (Å²) in [5.41, 5.74) is 4.41. The zero-order chi connectivity index (χ0) is 24.6. The van der Waals surface area contributed by atoms with E-state index >= 15 is 0 Å². The number of rotatable bonds is 9. The predicted octanol–water partition coefficient (Wildman–Crippen LogP) is 8.37. The standard InChI is InChI=1S/C31H26BrNO2/c1-3-8-25-17-23(18-26(20-33)29-12-7-10-24-9-5-6-11-28(24)29)19-30(34-4-2)31(25)35-21-22-13-15-27(32)16-14-22/h3,5-7,9-19H,1,4,8,21H2,2H3/b26-18+. The molecule has 3 nitrogen and oxygen atoms in total. The number of ether oxygens (including phenoxy) is 2. The Morgan fingerprint density at radius 2 is 1.77 bits per heavy atom. The van der Waals surface area contributed by atoms with Gasteiger partial charge in [-0.25, -0.2) is 0 Å². The van der Waals surface area contributed by atoms with Crippen LogP contribution in [0.3, 0.4) is 0 Å². The zero-order valence-corrected chi connectivity index (χ0v) is 21.2. The number of hydrogen-bond donors (Lipinski definition) is 0. The summed E-state index contributed by atoms with van der Waals surface area (Å²) >= 11 is 3.47. The number of nitrogens with zero attached hydrogens (tertiary/aromatic N) is 1. The van der Waals surface area contributed by atoms with E-state index in [-0.39, 0.29) is 0 Å². The normalized spacial score (nSPS) is 11.2. The van der Waals surface area contributed by atoms with E-state index in [0.717, 1.165) is 37.5 Å². The predicted molar refractivity (Wildman–Crippen MR) is 147 cm³/mol. The molecule has 4 aromatic carbocycles. The number of nitriles is 1. The summed E-state index contributed by atoms with van der Waals surface area (Å²) in [5, 5.41) is 12.2. The van der Waals surface area contributed by atoms with Crippen LogP contribution in [0.4, 0.5) is 0 Å². The minimum absolute atomic E-state index is 0.423. The van der Waals surface area contributed by atoms with Gasteiger partial charge < -0.3 is 9.47 Å². The lowest BCUT2D eigenvalue weighted by atomic mass is 9.96. The molecule has 0 aliphatic carbocycles. The second-order valence-corrected chi connectivity index (χ2v) is 8.96. The molecule has 0 aliphatic heterocycles. The van der Waals surface area contributed by atoms with Gasteiger partial charge in [0.25, 0.3) is 0 Å². The van der Waals surface area contributed by atoms with Gasteiger partial charge in [0.1, 0.15) is 6.61 Å². The molecule has 174 valence electrons. The van der Waals surface area contributed by atoms with Crippen LogP contribution in [-0.4, -0.2) is 6.61 Å². The zero-order valence-electron chi connectivity index (χ0n) is 19.6. The molecule has 0 aliphatic rings. The second kappa shape index (κ2) is 11.6. The first-order valence-electron chi connectivity index (χ1n) is 11.5. The van der Waals surface area contributed by atoms with Crippen LogP contribution < -0.4 is 9.47 Å². The van der Waals surface area contributed by atoms with Gasteiger partial charge in [0.05, 0.1) is 18.2 Å². The van der Waals surface area contributed by atoms with Crippen LogP contribution in [0.5, 0.6) is 11.5 Å². The number of halogens is 1. The van der Waals surface area contributed by atoms with E-state index in [1.54, 1.807) is 0 Å². The summed E-state index contributed by atoms with van der Waals surface area (Å²) in [6.45, 7) is 6.80. The Bertz CT molecular complexity index is 1410. The summed E-state index contributed by atoms with van der Waals surface area (Å²) in [6.07, 6.45) is 4.38. The molecule has 0 bridgehead atoms. The first-order valence-corrected chi connectivity index (χ1v) is 12.3. The van der Waals surface area contributed by atoms with Gasteiger partial charge in [-0.2, -0.15) is 5.26 Å². The number of allylic oxidation sites excluding steroid dienone is 2. The molecule has 0 saturated carbocycles. The molecule has 0 aromatic heterocycles. The highest BCUT2D eigenvalue weighted by Gasteiger charge is 2.14. The fraction of sp³-hybridized carbons (Fsp3) is 0.129. The van der Waals surface area contributed by atoms with Crippen molar-refractivity contribution in [2.24, 2.45) is 0 Å². The molecule has 0 saturated heterocycles. The lowest BCUT2D eigenvalue weighted by Crippen LogP contribution is -2.03. The fourth-order valence-corrected chi connectivity index (χ4v) is 4.30. The monoisotopic (exact) mass is 523 g/mol. The average molecular weight is 524 g/mol. The maximum atomic E-state index is 10.0. The van der Waals surface area contributed by atoms with E-state index in [0.29, 0.717) is 36.7 Å². The number of fused-ring (bicyclic) bond motifs is 1. The highest BCUT2D eigenvalue weighted by Crippen LogP contribution is 2.36. The summed E-state index contributed by atoms with van der Waals surface area (Å²) in [4.78, 5) is 0. The molecule has 0 atom stereocenters. The van der Waals surface area contributed by atoms with Gasteiger partial charge in [0.15, 0.2) is 11.5 Å². The molecule has 0 amide bonds. The maximum absolute atomic E-state index is 10.0. The van der Waals surface area contributed by atoms with Gasteiger partial charge in [0, 0.05) is 15.6 Å². The Morgan fingerprint density at radius 3 is 2.51 bits per heavy atom. The Morgan fingerprint density at radius 1 is 1.00 bits per heavy atom. The summed E-state index contributed by atoms with van der Waals surface area (Å²) in [5.74, 6) is 1.36. The highest BCUT2D eigenvalue weighted by molar-refractivity contribution is 9.10. The van der Waals surface area contributed by atoms with E-state index < -0.39 is 0 Å². The van der Waals surface area contributed by atoms with Crippen molar-refractivity contribution < 1.29 is 9.47 Å². The Hall–Kier alpha value is -3.81. The molecule has 0 N–H and O–H groups in total. The average Bonchev–Trinajstić information content (AvgIpc) is 2.88. The van der Waals surface area contributed by atoms with E-state index in [4.69, 9.17) is 9.47 Å². The van der Waals surface area contributed by atoms with Crippen molar-refractivity contribution in [2.45, 2.75) is 20.0 Å². The third kappa shape index (κ3) is 5.82. The SMILES string of the molecule is C=CCc1cc(/C=C(\C#N)c2cccc3ccccc23)cc(OCC)c1OCc1ccc(Br)cc1. The van der Waals surface area contributed by atoms with Gasteiger partial charge in [-0.1, -0.05) is 76.6 Å². The second-order valence-electron chi connectivity index (χ2n) is 8.04. The van der Waals surface area contributed by atoms with E-state index in [1.165, 1.54) is 0 Å². The van der Waals surface area contributed by atoms with Crippen LogP contribution in [-0.2, 0) is 13.0 Å². The summed E-state index contributed by atoms with van der Waals surface area (Å²) in [7, 11) is 0. The molecule has 4 heteroatoms.